The van der Waals surface area contributed by atoms with Gasteiger partial charge in [-0.05, 0) is 37.2 Å². The predicted molar refractivity (Wildman–Crippen MR) is 94.1 cm³/mol. The molecule has 0 aromatic heterocycles. The molecule has 1 unspecified atom stereocenters. The van der Waals surface area contributed by atoms with Crippen molar-refractivity contribution in [3.05, 3.63) is 46.7 Å². The molecule has 0 radical (unpaired) electrons. The molecule has 2 heteroatoms. The Hall–Kier alpha value is -0.863. The van der Waals surface area contributed by atoms with Crippen LogP contribution in [0.5, 0.6) is 0 Å². The highest BCUT2D eigenvalue weighted by molar-refractivity contribution is 6.84. The highest BCUT2D eigenvalue weighted by Gasteiger charge is 2.32. The zero-order valence-corrected chi connectivity index (χ0v) is 15.1. The normalized spacial score (nSPS) is 16.2. The lowest BCUT2D eigenvalue weighted by Crippen LogP contribution is -2.18. The van der Waals surface area contributed by atoms with Gasteiger partial charge in [0.25, 0.3) is 0 Å². The first kappa shape index (κ1) is 16.5. The monoisotopic (exact) mass is 302 g/mol. The van der Waals surface area contributed by atoms with Crippen molar-refractivity contribution in [3.63, 3.8) is 0 Å². The van der Waals surface area contributed by atoms with E-state index < -0.39 is 8.07 Å². The number of allylic oxidation sites excluding steroid dienone is 2. The molecular weight excluding hydrogens is 272 g/mol. The van der Waals surface area contributed by atoms with Gasteiger partial charge in [-0.2, -0.15) is 0 Å². The van der Waals surface area contributed by atoms with Crippen LogP contribution in [0.1, 0.15) is 38.2 Å². The first-order valence-electron chi connectivity index (χ1n) is 8.30. The van der Waals surface area contributed by atoms with Gasteiger partial charge in [-0.1, -0.05) is 67.7 Å². The maximum atomic E-state index is 5.78. The molecule has 0 bridgehead atoms. The Morgan fingerprint density at radius 3 is 2.43 bits per heavy atom. The van der Waals surface area contributed by atoms with Crippen LogP contribution in [0.2, 0.25) is 19.6 Å². The summed E-state index contributed by atoms with van der Waals surface area (Å²) >= 11 is 0. The second kappa shape index (κ2) is 7.41. The van der Waals surface area contributed by atoms with E-state index in [0.717, 1.165) is 19.1 Å². The minimum absolute atomic E-state index is 0.748. The van der Waals surface area contributed by atoms with Crippen molar-refractivity contribution < 1.29 is 4.74 Å². The van der Waals surface area contributed by atoms with E-state index in [1.54, 1.807) is 5.57 Å². The zero-order valence-electron chi connectivity index (χ0n) is 14.1. The van der Waals surface area contributed by atoms with Crippen molar-refractivity contribution in [2.24, 2.45) is 5.92 Å². The summed E-state index contributed by atoms with van der Waals surface area (Å²) < 4.78 is 5.78. The van der Waals surface area contributed by atoms with Gasteiger partial charge in [0, 0.05) is 6.61 Å². The van der Waals surface area contributed by atoms with Gasteiger partial charge in [-0.3, -0.25) is 0 Å². The molecule has 0 fully saturated rings. The summed E-state index contributed by atoms with van der Waals surface area (Å²) in [6.45, 7) is 11.4. The predicted octanol–water partition coefficient (Wildman–Crippen LogP) is 5.59. The maximum Gasteiger partial charge on any atom is 0.0728 e. The Labute approximate surface area is 131 Å². The second-order valence-electron chi connectivity index (χ2n) is 7.48. The molecule has 0 N–H and O–H groups in total. The minimum Gasteiger partial charge on any atom is -0.377 e. The summed E-state index contributed by atoms with van der Waals surface area (Å²) in [4.78, 5) is 0. The summed E-state index contributed by atoms with van der Waals surface area (Å²) in [5.41, 5.74) is 3.05. The summed E-state index contributed by atoms with van der Waals surface area (Å²) in [5.74, 6) is 0.775. The SMILES string of the molecule is CC(CCOCc1ccccc1)CCC1=C([Si](C)(C)C)C1. The van der Waals surface area contributed by atoms with Gasteiger partial charge in [-0.15, -0.1) is 0 Å². The van der Waals surface area contributed by atoms with E-state index in [0.29, 0.717) is 0 Å². The molecule has 1 aliphatic carbocycles. The van der Waals surface area contributed by atoms with Gasteiger partial charge in [0.1, 0.15) is 0 Å². The average molecular weight is 303 g/mol. The van der Waals surface area contributed by atoms with E-state index in [-0.39, 0.29) is 0 Å². The molecule has 21 heavy (non-hydrogen) atoms. The van der Waals surface area contributed by atoms with Crippen LogP contribution >= 0.6 is 0 Å². The van der Waals surface area contributed by atoms with Gasteiger partial charge < -0.3 is 4.74 Å². The third-order valence-corrected chi connectivity index (χ3v) is 6.74. The lowest BCUT2D eigenvalue weighted by molar-refractivity contribution is 0.108. The van der Waals surface area contributed by atoms with Crippen molar-refractivity contribution in [2.75, 3.05) is 6.61 Å². The quantitative estimate of drug-likeness (QED) is 0.427. The molecule has 0 aliphatic heterocycles. The fourth-order valence-corrected chi connectivity index (χ4v) is 4.75. The highest BCUT2D eigenvalue weighted by Crippen LogP contribution is 2.41. The van der Waals surface area contributed by atoms with E-state index in [1.165, 1.54) is 31.2 Å². The molecule has 0 amide bonds. The Kier molecular flexibility index (Phi) is 5.83. The molecule has 2 rings (SSSR count). The molecule has 0 heterocycles. The molecule has 1 atom stereocenters. The molecule has 0 spiro atoms. The molecule has 1 aromatic rings. The van der Waals surface area contributed by atoms with Crippen molar-refractivity contribution in [1.82, 2.24) is 0 Å². The topological polar surface area (TPSA) is 9.23 Å². The van der Waals surface area contributed by atoms with E-state index in [2.05, 4.69) is 50.8 Å². The number of hydrogen-bond donors (Lipinski definition) is 0. The van der Waals surface area contributed by atoms with E-state index in [4.69, 9.17) is 4.74 Å². The minimum atomic E-state index is -0.972. The average Bonchev–Trinajstić information content (AvgIpc) is 3.22. The summed E-state index contributed by atoms with van der Waals surface area (Å²) in [6.07, 6.45) is 5.20. The number of ether oxygens (including phenoxy) is 1. The van der Waals surface area contributed by atoms with Crippen LogP contribution in [0.15, 0.2) is 41.1 Å². The van der Waals surface area contributed by atoms with Crippen molar-refractivity contribution in [1.29, 1.82) is 0 Å². The second-order valence-corrected chi connectivity index (χ2v) is 12.6. The third kappa shape index (κ3) is 5.80. The Balaban J connectivity index is 1.57. The van der Waals surface area contributed by atoms with Crippen LogP contribution in [0.25, 0.3) is 0 Å². The standard InChI is InChI=1S/C19H30OSi/c1-16(10-11-18-14-19(18)21(2,3)4)12-13-20-15-17-8-6-5-7-9-17/h5-9,16H,10-15H2,1-4H3. The van der Waals surface area contributed by atoms with E-state index >= 15 is 0 Å². The van der Waals surface area contributed by atoms with Gasteiger partial charge in [0.2, 0.25) is 0 Å². The summed E-state index contributed by atoms with van der Waals surface area (Å²) in [7, 11) is -0.972. The molecule has 1 aliphatic rings. The van der Waals surface area contributed by atoms with Crippen LogP contribution < -0.4 is 0 Å². The van der Waals surface area contributed by atoms with Crippen LogP contribution in [0, 0.1) is 5.92 Å². The zero-order chi connectivity index (χ0) is 15.3. The van der Waals surface area contributed by atoms with E-state index in [1.807, 2.05) is 11.3 Å². The molecule has 0 saturated carbocycles. The van der Waals surface area contributed by atoms with Gasteiger partial charge in [0.05, 0.1) is 14.7 Å². The third-order valence-electron chi connectivity index (χ3n) is 4.40. The number of rotatable bonds is 9. The first-order chi connectivity index (χ1) is 9.97. The molecule has 116 valence electrons. The van der Waals surface area contributed by atoms with Crippen molar-refractivity contribution in [3.8, 4) is 0 Å². The summed E-state index contributed by atoms with van der Waals surface area (Å²) in [5, 5.41) is 1.84. The largest absolute Gasteiger partial charge is 0.377 e. The summed E-state index contributed by atoms with van der Waals surface area (Å²) in [6, 6.07) is 10.4. The van der Waals surface area contributed by atoms with Crippen LogP contribution in [-0.4, -0.2) is 14.7 Å². The lowest BCUT2D eigenvalue weighted by atomic mass is 10.0. The van der Waals surface area contributed by atoms with Gasteiger partial charge in [-0.25, -0.2) is 0 Å². The molecule has 1 nitrogen and oxygen atoms in total. The van der Waals surface area contributed by atoms with Crippen LogP contribution in [-0.2, 0) is 11.3 Å². The highest BCUT2D eigenvalue weighted by atomic mass is 28.3. The smallest absolute Gasteiger partial charge is 0.0728 e. The van der Waals surface area contributed by atoms with Gasteiger partial charge >= 0.3 is 0 Å². The Morgan fingerprint density at radius 1 is 1.10 bits per heavy atom. The van der Waals surface area contributed by atoms with E-state index in [9.17, 15) is 0 Å². The van der Waals surface area contributed by atoms with Crippen LogP contribution in [0.4, 0.5) is 0 Å². The van der Waals surface area contributed by atoms with Gasteiger partial charge in [0.15, 0.2) is 0 Å². The lowest BCUT2D eigenvalue weighted by Gasteiger charge is -2.11. The Bertz CT molecular complexity index is 470. The van der Waals surface area contributed by atoms with Crippen molar-refractivity contribution >= 4 is 8.07 Å². The van der Waals surface area contributed by atoms with Crippen molar-refractivity contribution in [2.45, 2.75) is 58.9 Å². The first-order valence-corrected chi connectivity index (χ1v) is 11.8. The maximum absolute atomic E-state index is 5.78. The number of benzene rings is 1. The fraction of sp³-hybridized carbons (Fsp3) is 0.579. The van der Waals surface area contributed by atoms with Crippen LogP contribution in [0.3, 0.4) is 0 Å². The Morgan fingerprint density at radius 2 is 1.81 bits per heavy atom. The molecule has 0 saturated heterocycles. The number of hydrogen-bond acceptors (Lipinski definition) is 1. The fourth-order valence-electron chi connectivity index (χ4n) is 2.82. The molecular formula is C19H30OSi. The molecule has 1 aromatic carbocycles.